The number of likely N-dealkylation sites (tertiary alicyclic amines) is 1. The van der Waals surface area contributed by atoms with Crippen molar-refractivity contribution in [2.45, 2.75) is 18.6 Å². The third kappa shape index (κ3) is 2.98. The van der Waals surface area contributed by atoms with Crippen molar-refractivity contribution in [3.05, 3.63) is 48.4 Å². The lowest BCUT2D eigenvalue weighted by Crippen LogP contribution is -2.40. The van der Waals surface area contributed by atoms with E-state index in [2.05, 4.69) is 0 Å². The number of amides is 1. The van der Waals surface area contributed by atoms with Crippen molar-refractivity contribution < 1.29 is 23.8 Å². The van der Waals surface area contributed by atoms with Crippen LogP contribution in [-0.4, -0.2) is 47.7 Å². The molecule has 120 valence electrons. The number of carbonyl (C=O) groups excluding carboxylic acids is 1. The predicted octanol–water partition coefficient (Wildman–Crippen LogP) is 2.26. The molecule has 1 saturated heterocycles. The summed E-state index contributed by atoms with van der Waals surface area (Å²) in [6.07, 6.45) is 3.21. The molecule has 2 aromatic rings. The predicted molar refractivity (Wildman–Crippen MR) is 82.0 cm³/mol. The molecule has 6 heteroatoms. The molecule has 1 aromatic heterocycles. The van der Waals surface area contributed by atoms with Gasteiger partial charge in [0.2, 0.25) is 0 Å². The topological polar surface area (TPSA) is 80.0 Å². The maximum atomic E-state index is 12.7. The summed E-state index contributed by atoms with van der Waals surface area (Å²) >= 11 is 0. The molecule has 6 nitrogen and oxygen atoms in total. The van der Waals surface area contributed by atoms with E-state index in [1.54, 1.807) is 36.8 Å². The first-order chi connectivity index (χ1) is 11.1. The smallest absolute Gasteiger partial charge is 0.326 e. The van der Waals surface area contributed by atoms with Gasteiger partial charge in [0, 0.05) is 31.2 Å². The molecule has 1 aliphatic rings. The molecule has 2 unspecified atom stereocenters. The Morgan fingerprint density at radius 1 is 1.30 bits per heavy atom. The van der Waals surface area contributed by atoms with Gasteiger partial charge in [0.1, 0.15) is 6.04 Å². The van der Waals surface area contributed by atoms with Crippen LogP contribution in [0, 0.1) is 0 Å². The molecule has 1 fully saturated rings. The molecule has 1 aromatic carbocycles. The minimum atomic E-state index is -1.01. The van der Waals surface area contributed by atoms with Gasteiger partial charge in [-0.3, -0.25) is 4.79 Å². The normalized spacial score (nSPS) is 20.7. The van der Waals surface area contributed by atoms with Crippen molar-refractivity contribution in [3.8, 4) is 11.1 Å². The fraction of sp³-hybridized carbons (Fsp3) is 0.294. The zero-order valence-electron chi connectivity index (χ0n) is 12.6. The van der Waals surface area contributed by atoms with Crippen molar-refractivity contribution in [2.24, 2.45) is 0 Å². The lowest BCUT2D eigenvalue weighted by Gasteiger charge is -2.21. The summed E-state index contributed by atoms with van der Waals surface area (Å²) in [5.74, 6) is -1.31. The van der Waals surface area contributed by atoms with Crippen LogP contribution in [0.15, 0.2) is 47.3 Å². The molecule has 1 aliphatic heterocycles. The molecule has 0 aliphatic carbocycles. The van der Waals surface area contributed by atoms with E-state index in [0.29, 0.717) is 12.0 Å². The number of hydrogen-bond acceptors (Lipinski definition) is 4. The quantitative estimate of drug-likeness (QED) is 0.936. The van der Waals surface area contributed by atoms with Gasteiger partial charge in [-0.2, -0.15) is 0 Å². The number of methoxy groups -OCH3 is 1. The largest absolute Gasteiger partial charge is 0.480 e. The monoisotopic (exact) mass is 315 g/mol. The first-order valence-corrected chi connectivity index (χ1v) is 7.29. The fourth-order valence-corrected chi connectivity index (χ4v) is 2.85. The number of carboxylic acids is 1. The molecule has 0 saturated carbocycles. The lowest BCUT2D eigenvalue weighted by atomic mass is 10.0. The fourth-order valence-electron chi connectivity index (χ4n) is 2.85. The van der Waals surface area contributed by atoms with Gasteiger partial charge in [0.25, 0.3) is 5.91 Å². The molecule has 2 atom stereocenters. The molecule has 1 amide bonds. The minimum Gasteiger partial charge on any atom is -0.480 e. The second kappa shape index (κ2) is 6.26. The van der Waals surface area contributed by atoms with E-state index in [-0.39, 0.29) is 18.6 Å². The van der Waals surface area contributed by atoms with Crippen LogP contribution in [0.5, 0.6) is 0 Å². The Morgan fingerprint density at radius 3 is 2.78 bits per heavy atom. The van der Waals surface area contributed by atoms with Crippen molar-refractivity contribution in [1.29, 1.82) is 0 Å². The van der Waals surface area contributed by atoms with E-state index in [4.69, 9.17) is 9.15 Å². The summed E-state index contributed by atoms with van der Waals surface area (Å²) in [5, 5.41) is 9.34. The lowest BCUT2D eigenvalue weighted by molar-refractivity contribution is -0.141. The number of ether oxygens (including phenoxy) is 1. The van der Waals surface area contributed by atoms with Gasteiger partial charge in [0.05, 0.1) is 18.6 Å². The van der Waals surface area contributed by atoms with E-state index in [1.165, 1.54) is 12.0 Å². The summed E-state index contributed by atoms with van der Waals surface area (Å²) in [6, 6.07) is 8.02. The molecule has 23 heavy (non-hydrogen) atoms. The van der Waals surface area contributed by atoms with Crippen molar-refractivity contribution in [1.82, 2.24) is 4.90 Å². The van der Waals surface area contributed by atoms with E-state index in [0.717, 1.165) is 11.1 Å². The second-order valence-corrected chi connectivity index (χ2v) is 5.50. The Balaban J connectivity index is 1.88. The molecule has 0 spiro atoms. The highest BCUT2D eigenvalue weighted by molar-refractivity contribution is 5.98. The van der Waals surface area contributed by atoms with Gasteiger partial charge in [-0.05, 0) is 23.8 Å². The third-order valence-corrected chi connectivity index (χ3v) is 4.11. The number of rotatable bonds is 4. The Hall–Kier alpha value is -2.60. The molecule has 1 N–H and O–H groups in total. The Bertz CT molecular complexity index is 710. The second-order valence-electron chi connectivity index (χ2n) is 5.50. The highest BCUT2D eigenvalue weighted by atomic mass is 16.5. The van der Waals surface area contributed by atoms with E-state index >= 15 is 0 Å². The maximum absolute atomic E-state index is 12.7. The average Bonchev–Trinajstić information content (AvgIpc) is 3.23. The average molecular weight is 315 g/mol. The Kier molecular flexibility index (Phi) is 4.16. The van der Waals surface area contributed by atoms with Crippen LogP contribution in [-0.2, 0) is 9.53 Å². The van der Waals surface area contributed by atoms with Gasteiger partial charge in [-0.1, -0.05) is 12.1 Å². The zero-order valence-corrected chi connectivity index (χ0v) is 12.6. The highest BCUT2D eigenvalue weighted by Gasteiger charge is 2.40. The third-order valence-electron chi connectivity index (χ3n) is 4.11. The summed E-state index contributed by atoms with van der Waals surface area (Å²) < 4.78 is 10.3. The van der Waals surface area contributed by atoms with Crippen LogP contribution >= 0.6 is 0 Å². The standard InChI is InChI=1S/C17H17NO5/c1-22-14-8-15(17(20)21)18(9-14)16(19)12-4-2-3-11(7-12)13-5-6-23-10-13/h2-7,10,14-15H,8-9H2,1H3,(H,20,21). The van der Waals surface area contributed by atoms with Gasteiger partial charge < -0.3 is 19.2 Å². The van der Waals surface area contributed by atoms with E-state index < -0.39 is 12.0 Å². The van der Waals surface area contributed by atoms with Gasteiger partial charge >= 0.3 is 5.97 Å². The summed E-state index contributed by atoms with van der Waals surface area (Å²) in [5.41, 5.74) is 2.16. The molecular weight excluding hydrogens is 298 g/mol. The number of carboxylic acid groups (broad SMARTS) is 1. The first kappa shape index (κ1) is 15.3. The molecule has 0 bridgehead atoms. The van der Waals surface area contributed by atoms with Crippen LogP contribution in [0.1, 0.15) is 16.8 Å². The number of nitrogens with zero attached hydrogens (tertiary/aromatic N) is 1. The minimum absolute atomic E-state index is 0.253. The summed E-state index contributed by atoms with van der Waals surface area (Å²) in [6.45, 7) is 0.280. The maximum Gasteiger partial charge on any atom is 0.326 e. The van der Waals surface area contributed by atoms with Gasteiger partial charge in [-0.15, -0.1) is 0 Å². The zero-order chi connectivity index (χ0) is 16.4. The Labute approximate surface area is 133 Å². The van der Waals surface area contributed by atoms with Crippen molar-refractivity contribution in [3.63, 3.8) is 0 Å². The van der Waals surface area contributed by atoms with Gasteiger partial charge in [0.15, 0.2) is 0 Å². The number of carbonyl (C=O) groups is 2. The summed E-state index contributed by atoms with van der Waals surface area (Å²) in [7, 11) is 1.52. The molecule has 3 rings (SSSR count). The Morgan fingerprint density at radius 2 is 2.13 bits per heavy atom. The SMILES string of the molecule is COC1CC(C(=O)O)N(C(=O)c2cccc(-c3ccoc3)c2)C1. The number of furan rings is 1. The number of hydrogen-bond donors (Lipinski definition) is 1. The van der Waals surface area contributed by atoms with Crippen LogP contribution in [0.3, 0.4) is 0 Å². The number of aliphatic carboxylic acids is 1. The first-order valence-electron chi connectivity index (χ1n) is 7.29. The van der Waals surface area contributed by atoms with Gasteiger partial charge in [-0.25, -0.2) is 4.79 Å². The molecule has 2 heterocycles. The molecular formula is C17H17NO5. The van der Waals surface area contributed by atoms with E-state index in [9.17, 15) is 14.7 Å². The van der Waals surface area contributed by atoms with Crippen molar-refractivity contribution in [2.75, 3.05) is 13.7 Å². The number of benzene rings is 1. The van der Waals surface area contributed by atoms with Crippen molar-refractivity contribution >= 4 is 11.9 Å². The van der Waals surface area contributed by atoms with Crippen LogP contribution in [0.25, 0.3) is 11.1 Å². The highest BCUT2D eigenvalue weighted by Crippen LogP contribution is 2.25. The van der Waals surface area contributed by atoms with Crippen LogP contribution in [0.4, 0.5) is 0 Å². The van der Waals surface area contributed by atoms with Crippen LogP contribution < -0.4 is 0 Å². The van der Waals surface area contributed by atoms with E-state index in [1.807, 2.05) is 6.07 Å². The molecule has 0 radical (unpaired) electrons. The van der Waals surface area contributed by atoms with Crippen LogP contribution in [0.2, 0.25) is 0 Å². The summed E-state index contributed by atoms with van der Waals surface area (Å²) in [4.78, 5) is 25.5.